The van der Waals surface area contributed by atoms with Gasteiger partial charge in [-0.2, -0.15) is 0 Å². The zero-order chi connectivity index (χ0) is 81.8. The third-order valence-electron chi connectivity index (χ3n) is 25.2. The molecule has 7 heteroatoms. The van der Waals surface area contributed by atoms with Crippen molar-refractivity contribution in [1.82, 2.24) is 33.6 Å². The molecule has 15 aromatic carbocycles. The minimum atomic E-state index is 0.686. The Morgan fingerprint density at radius 2 is 0.431 bits per heavy atom. The standard InChI is InChI=1S/C47H44N2.C35H24N2.C34H23N3/c1-5-14-33(15-6-1)38-24-26-46-42(29-38)43-30-39(34-16-7-2-8-17-34)25-27-47(43)49(46)41-23-13-22-37(28-41)40-31-44(35-18-9-3-10-19-35)48-45(32-40)36-20-11-4-12-21-36;1-3-12-25(13-4-1)32-23-28(24-33(36-32)26-14-5-2-6-15-26)27-16-11-17-29(22-27)37-34-20-9-7-18-30(34)31-19-8-10-21-35(31)37;1-3-12-24(13-4-1)30-23-31(36-34(35-30)25-14-5-2-6-15-25)26-16-11-17-27(22-26)37-32-20-9-7-18-28(32)29-19-8-10-21-33(29)37/h3-4,9-13,18-34H,1-2,5-8,14-17H2;1-24H;1-23H. The van der Waals surface area contributed by atoms with Crippen LogP contribution in [-0.4, -0.2) is 33.6 Å². The Balaban J connectivity index is 0.000000115. The van der Waals surface area contributed by atoms with E-state index in [1.165, 1.54) is 158 Å². The summed E-state index contributed by atoms with van der Waals surface area (Å²) in [6, 6.07) is 149. The van der Waals surface area contributed by atoms with Crippen LogP contribution in [0.25, 0.3) is 184 Å². The minimum absolute atomic E-state index is 0.686. The van der Waals surface area contributed by atoms with Crippen molar-refractivity contribution < 1.29 is 0 Å². The zero-order valence-electron chi connectivity index (χ0n) is 68.7. The molecule has 6 aromatic heterocycles. The van der Waals surface area contributed by atoms with Gasteiger partial charge in [0.1, 0.15) is 0 Å². The maximum atomic E-state index is 5.14. The molecule has 0 N–H and O–H groups in total. The molecule has 2 aliphatic carbocycles. The van der Waals surface area contributed by atoms with E-state index in [1.807, 2.05) is 48.5 Å². The van der Waals surface area contributed by atoms with Gasteiger partial charge in [-0.15, -0.1) is 0 Å². The van der Waals surface area contributed by atoms with E-state index in [1.54, 1.807) is 0 Å². The lowest BCUT2D eigenvalue weighted by Crippen LogP contribution is -2.04. The molecule has 0 saturated heterocycles. The Labute approximate surface area is 718 Å². The van der Waals surface area contributed by atoms with Crippen molar-refractivity contribution in [2.24, 2.45) is 0 Å². The monoisotopic (exact) mass is 1580 g/mol. The van der Waals surface area contributed by atoms with Crippen LogP contribution in [0.2, 0.25) is 0 Å². The molecule has 0 radical (unpaired) electrons. The highest BCUT2D eigenvalue weighted by Gasteiger charge is 2.24. The molecule has 0 aliphatic heterocycles. The van der Waals surface area contributed by atoms with Crippen LogP contribution in [0.4, 0.5) is 0 Å². The molecule has 2 aliphatic rings. The molecule has 0 unspecified atom stereocenters. The van der Waals surface area contributed by atoms with E-state index >= 15 is 0 Å². The minimum Gasteiger partial charge on any atom is -0.309 e. The Bertz CT molecular complexity index is 6730. The first kappa shape index (κ1) is 75.5. The van der Waals surface area contributed by atoms with Gasteiger partial charge in [0.05, 0.1) is 67.3 Å². The highest BCUT2D eigenvalue weighted by molar-refractivity contribution is 6.12. The number of rotatable bonds is 14. The average molecular weight is 1580 g/mol. The van der Waals surface area contributed by atoms with Gasteiger partial charge in [-0.3, -0.25) is 0 Å². The van der Waals surface area contributed by atoms with Crippen LogP contribution in [0.3, 0.4) is 0 Å². The molecular formula is C116H91N7. The highest BCUT2D eigenvalue weighted by Crippen LogP contribution is 2.44. The van der Waals surface area contributed by atoms with Crippen LogP contribution in [-0.2, 0) is 0 Å². The molecule has 0 bridgehead atoms. The van der Waals surface area contributed by atoms with Gasteiger partial charge < -0.3 is 13.7 Å². The predicted molar refractivity (Wildman–Crippen MR) is 514 cm³/mol. The van der Waals surface area contributed by atoms with Gasteiger partial charge in [0.15, 0.2) is 5.82 Å². The second kappa shape index (κ2) is 34.1. The van der Waals surface area contributed by atoms with Gasteiger partial charge in [-0.05, 0) is 186 Å². The molecule has 2 saturated carbocycles. The van der Waals surface area contributed by atoms with Gasteiger partial charge in [0.25, 0.3) is 0 Å². The SMILES string of the molecule is c1ccc(-c2cc(-c3cccc(-n4c5ccc(C6CCCCC6)cc5c5cc(C6CCCCC6)ccc54)c3)cc(-c3ccccc3)n2)cc1.c1ccc(-c2cc(-c3cccc(-n4c5ccccc5c5ccccc54)c3)cc(-c3ccccc3)n2)cc1.c1ccc(-c2cc(-c3cccc(-n4c5ccccc5c5ccccc54)c3)nc(-c3ccccc3)n2)cc1. The smallest absolute Gasteiger partial charge is 0.160 e. The number of hydrogen-bond acceptors (Lipinski definition) is 4. The molecular weight excluding hydrogens is 1490 g/mol. The summed E-state index contributed by atoms with van der Waals surface area (Å²) in [7, 11) is 0. The van der Waals surface area contributed by atoms with Crippen molar-refractivity contribution in [3.63, 3.8) is 0 Å². The van der Waals surface area contributed by atoms with Crippen LogP contribution in [0, 0.1) is 0 Å². The second-order valence-electron chi connectivity index (χ2n) is 32.9. The van der Waals surface area contributed by atoms with E-state index in [4.69, 9.17) is 19.9 Å². The predicted octanol–water partition coefficient (Wildman–Crippen LogP) is 31.0. The van der Waals surface area contributed by atoms with Gasteiger partial charge in [-0.1, -0.05) is 342 Å². The Kier molecular flexibility index (Phi) is 20.9. The molecule has 6 heterocycles. The number of benzene rings is 15. The fourth-order valence-corrected chi connectivity index (χ4v) is 19.1. The largest absolute Gasteiger partial charge is 0.309 e. The van der Waals surface area contributed by atoms with E-state index in [2.05, 4.69) is 384 Å². The van der Waals surface area contributed by atoms with E-state index in [0.29, 0.717) is 11.8 Å². The third-order valence-corrected chi connectivity index (χ3v) is 25.2. The summed E-state index contributed by atoms with van der Waals surface area (Å²) in [6.07, 6.45) is 13.5. The summed E-state index contributed by atoms with van der Waals surface area (Å²) in [6.45, 7) is 0. The van der Waals surface area contributed by atoms with E-state index in [9.17, 15) is 0 Å². The van der Waals surface area contributed by atoms with Crippen molar-refractivity contribution in [1.29, 1.82) is 0 Å². The summed E-state index contributed by atoms with van der Waals surface area (Å²) in [5.41, 5.74) is 31.9. The second-order valence-corrected chi connectivity index (χ2v) is 32.9. The maximum Gasteiger partial charge on any atom is 0.160 e. The third kappa shape index (κ3) is 15.4. The lowest BCUT2D eigenvalue weighted by molar-refractivity contribution is 0.444. The van der Waals surface area contributed by atoms with Crippen LogP contribution < -0.4 is 0 Å². The summed E-state index contributed by atoms with van der Waals surface area (Å²) < 4.78 is 7.22. The fourth-order valence-electron chi connectivity index (χ4n) is 19.1. The van der Waals surface area contributed by atoms with Gasteiger partial charge in [0.2, 0.25) is 0 Å². The maximum absolute atomic E-state index is 5.14. The van der Waals surface area contributed by atoms with Crippen LogP contribution in [0.15, 0.2) is 419 Å². The molecule has 590 valence electrons. The number of pyridine rings is 2. The number of fused-ring (bicyclic) bond motifs is 9. The summed E-state index contributed by atoms with van der Waals surface area (Å²) in [4.78, 5) is 20.2. The van der Waals surface area contributed by atoms with E-state index < -0.39 is 0 Å². The normalized spacial score (nSPS) is 13.1. The van der Waals surface area contributed by atoms with E-state index in [0.717, 1.165) is 101 Å². The van der Waals surface area contributed by atoms with Crippen LogP contribution >= 0.6 is 0 Å². The average Bonchev–Trinajstić information content (AvgIpc) is 1.55. The van der Waals surface area contributed by atoms with Gasteiger partial charge in [0, 0.05) is 88.3 Å². The molecule has 2 fully saturated rings. The Morgan fingerprint density at radius 1 is 0.171 bits per heavy atom. The number of nitrogens with zero attached hydrogens (tertiary/aromatic N) is 7. The highest BCUT2D eigenvalue weighted by atomic mass is 15.0. The molecule has 7 nitrogen and oxygen atoms in total. The number of para-hydroxylation sites is 4. The van der Waals surface area contributed by atoms with Crippen molar-refractivity contribution in [2.45, 2.75) is 76.0 Å². The van der Waals surface area contributed by atoms with E-state index in [-0.39, 0.29) is 0 Å². The first-order chi connectivity index (χ1) is 61.0. The topological polar surface area (TPSA) is 66.3 Å². The number of hydrogen-bond donors (Lipinski definition) is 0. The fraction of sp³-hybridized carbons (Fsp3) is 0.103. The van der Waals surface area contributed by atoms with Gasteiger partial charge >= 0.3 is 0 Å². The van der Waals surface area contributed by atoms with Crippen molar-refractivity contribution in [3.8, 4) is 118 Å². The number of aromatic nitrogens is 7. The molecule has 0 spiro atoms. The van der Waals surface area contributed by atoms with Crippen molar-refractivity contribution in [3.05, 3.63) is 430 Å². The van der Waals surface area contributed by atoms with Crippen LogP contribution in [0.1, 0.15) is 87.2 Å². The van der Waals surface area contributed by atoms with Crippen molar-refractivity contribution >= 4 is 65.4 Å². The first-order valence-electron chi connectivity index (χ1n) is 43.6. The molecule has 0 atom stereocenters. The molecule has 21 aromatic rings. The molecule has 23 rings (SSSR count). The van der Waals surface area contributed by atoms with Crippen LogP contribution in [0.5, 0.6) is 0 Å². The first-order valence-corrected chi connectivity index (χ1v) is 43.6. The summed E-state index contributed by atoms with van der Waals surface area (Å²) >= 11 is 0. The summed E-state index contributed by atoms with van der Waals surface area (Å²) in [5.74, 6) is 2.09. The summed E-state index contributed by atoms with van der Waals surface area (Å²) in [5, 5.41) is 7.85. The Hall–Kier alpha value is -14.9. The molecule has 123 heavy (non-hydrogen) atoms. The quantitative estimate of drug-likeness (QED) is 0.109. The van der Waals surface area contributed by atoms with Crippen molar-refractivity contribution in [2.75, 3.05) is 0 Å². The van der Waals surface area contributed by atoms with Gasteiger partial charge in [-0.25, -0.2) is 19.9 Å². The molecule has 0 amide bonds. The zero-order valence-corrected chi connectivity index (χ0v) is 68.7. The lowest BCUT2D eigenvalue weighted by atomic mass is 9.83. The lowest BCUT2D eigenvalue weighted by Gasteiger charge is -2.22. The Morgan fingerprint density at radius 3 is 0.764 bits per heavy atom.